The molecule has 0 N–H and O–H groups in total. The van der Waals surface area contributed by atoms with Crippen LogP contribution in [0.3, 0.4) is 0 Å². The molecule has 0 saturated heterocycles. The van der Waals surface area contributed by atoms with Gasteiger partial charge in [-0.25, -0.2) is 0 Å². The van der Waals surface area contributed by atoms with E-state index in [9.17, 15) is 4.79 Å². The number of hydrogen-bond acceptors (Lipinski definition) is 4. The summed E-state index contributed by atoms with van der Waals surface area (Å²) in [5.41, 5.74) is 0.585. The summed E-state index contributed by atoms with van der Waals surface area (Å²) in [7, 11) is 1.59. The van der Waals surface area contributed by atoms with Crippen LogP contribution in [0.25, 0.3) is 0 Å². The maximum absolute atomic E-state index is 10.7. The van der Waals surface area contributed by atoms with Crippen molar-refractivity contribution >= 4 is 17.6 Å². The number of methoxy groups -OCH3 is 1. The van der Waals surface area contributed by atoms with Crippen LogP contribution in [-0.2, 0) is 6.42 Å². The van der Waals surface area contributed by atoms with Crippen LogP contribution in [0.1, 0.15) is 15.2 Å². The van der Waals surface area contributed by atoms with Gasteiger partial charge < -0.3 is 9.47 Å². The topological polar surface area (TPSA) is 35.5 Å². The second-order valence-electron chi connectivity index (χ2n) is 3.71. The number of benzene rings is 1. The Kier molecular flexibility index (Phi) is 4.36. The van der Waals surface area contributed by atoms with Gasteiger partial charge in [0.05, 0.1) is 13.7 Å². The summed E-state index contributed by atoms with van der Waals surface area (Å²) in [6.07, 6.45) is 1.65. The van der Waals surface area contributed by atoms with E-state index in [0.717, 1.165) is 12.7 Å². The number of ether oxygens (including phenoxy) is 2. The van der Waals surface area contributed by atoms with Crippen molar-refractivity contribution < 1.29 is 14.3 Å². The molecule has 0 spiro atoms. The summed E-state index contributed by atoms with van der Waals surface area (Å²) < 4.78 is 10.9. The lowest BCUT2D eigenvalue weighted by atomic mass is 10.2. The van der Waals surface area contributed by atoms with Gasteiger partial charge in [0, 0.05) is 16.9 Å². The Bertz CT molecular complexity index is 506. The lowest BCUT2D eigenvalue weighted by molar-refractivity contribution is 0.112. The summed E-state index contributed by atoms with van der Waals surface area (Å²) in [4.78, 5) is 12.0. The van der Waals surface area contributed by atoms with Gasteiger partial charge in [-0.3, -0.25) is 4.79 Å². The number of aldehydes is 1. The Morgan fingerprint density at radius 3 is 2.83 bits per heavy atom. The van der Waals surface area contributed by atoms with Gasteiger partial charge in [0.25, 0.3) is 0 Å². The first-order valence-electron chi connectivity index (χ1n) is 5.62. The molecule has 0 fully saturated rings. The molecule has 1 aromatic carbocycles. The first kappa shape index (κ1) is 12.6. The van der Waals surface area contributed by atoms with Gasteiger partial charge in [-0.2, -0.15) is 0 Å². The van der Waals surface area contributed by atoms with E-state index in [2.05, 4.69) is 6.07 Å². The molecule has 94 valence electrons. The molecule has 3 nitrogen and oxygen atoms in total. The molecule has 1 aromatic heterocycles. The number of hydrogen-bond donors (Lipinski definition) is 0. The van der Waals surface area contributed by atoms with Crippen LogP contribution in [0.2, 0.25) is 0 Å². The van der Waals surface area contributed by atoms with E-state index < -0.39 is 0 Å². The van der Waals surface area contributed by atoms with Crippen molar-refractivity contribution in [1.82, 2.24) is 0 Å². The van der Waals surface area contributed by atoms with Crippen LogP contribution in [0.4, 0.5) is 0 Å². The van der Waals surface area contributed by atoms with Crippen molar-refractivity contribution in [3.05, 3.63) is 46.2 Å². The van der Waals surface area contributed by atoms with E-state index in [1.807, 2.05) is 11.4 Å². The van der Waals surface area contributed by atoms with E-state index >= 15 is 0 Å². The molecule has 0 aliphatic carbocycles. The fourth-order valence-corrected chi connectivity index (χ4v) is 2.29. The lowest BCUT2D eigenvalue weighted by Crippen LogP contribution is -2.02. The molecule has 18 heavy (non-hydrogen) atoms. The Morgan fingerprint density at radius 2 is 2.17 bits per heavy atom. The van der Waals surface area contributed by atoms with Crippen molar-refractivity contribution in [2.75, 3.05) is 13.7 Å². The van der Waals surface area contributed by atoms with E-state index in [1.165, 1.54) is 4.88 Å². The van der Waals surface area contributed by atoms with Crippen LogP contribution in [0.5, 0.6) is 11.5 Å². The van der Waals surface area contributed by atoms with Gasteiger partial charge in [-0.05, 0) is 29.6 Å². The van der Waals surface area contributed by atoms with Gasteiger partial charge >= 0.3 is 0 Å². The fraction of sp³-hybridized carbons (Fsp3) is 0.214. The molecule has 0 unspecified atom stereocenters. The molecule has 0 amide bonds. The monoisotopic (exact) mass is 262 g/mol. The SMILES string of the molecule is COc1ccc(C=O)cc1OCCc1cccs1. The first-order chi connectivity index (χ1) is 8.83. The van der Waals surface area contributed by atoms with Crippen LogP contribution < -0.4 is 9.47 Å². The van der Waals surface area contributed by atoms with Crippen LogP contribution in [0, 0.1) is 0 Å². The zero-order chi connectivity index (χ0) is 12.8. The molecule has 0 bridgehead atoms. The van der Waals surface area contributed by atoms with Gasteiger partial charge in [0.15, 0.2) is 11.5 Å². The number of rotatable bonds is 6. The highest BCUT2D eigenvalue weighted by molar-refractivity contribution is 7.09. The molecule has 0 saturated carbocycles. The molecule has 0 aliphatic heterocycles. The molecule has 2 rings (SSSR count). The summed E-state index contributed by atoms with van der Waals surface area (Å²) in [6, 6.07) is 9.24. The third-order valence-electron chi connectivity index (χ3n) is 2.51. The Morgan fingerprint density at radius 1 is 1.28 bits per heavy atom. The molecule has 0 atom stereocenters. The van der Waals surface area contributed by atoms with Gasteiger partial charge in [0.1, 0.15) is 6.29 Å². The highest BCUT2D eigenvalue weighted by atomic mass is 32.1. The second-order valence-corrected chi connectivity index (χ2v) is 4.74. The highest BCUT2D eigenvalue weighted by Crippen LogP contribution is 2.27. The van der Waals surface area contributed by atoms with E-state index in [1.54, 1.807) is 36.6 Å². The summed E-state index contributed by atoms with van der Waals surface area (Å²) in [6.45, 7) is 0.569. The van der Waals surface area contributed by atoms with Crippen molar-refractivity contribution in [2.24, 2.45) is 0 Å². The molecule has 4 heteroatoms. The first-order valence-corrected chi connectivity index (χ1v) is 6.50. The van der Waals surface area contributed by atoms with E-state index in [-0.39, 0.29) is 0 Å². The fourth-order valence-electron chi connectivity index (χ4n) is 1.60. The van der Waals surface area contributed by atoms with Gasteiger partial charge in [-0.1, -0.05) is 6.07 Å². The predicted molar refractivity (Wildman–Crippen MR) is 71.9 cm³/mol. The van der Waals surface area contributed by atoms with Crippen molar-refractivity contribution in [1.29, 1.82) is 0 Å². The smallest absolute Gasteiger partial charge is 0.161 e. The Hall–Kier alpha value is -1.81. The normalized spacial score (nSPS) is 10.1. The van der Waals surface area contributed by atoms with E-state index in [0.29, 0.717) is 23.7 Å². The number of thiophene rings is 1. The van der Waals surface area contributed by atoms with Crippen LogP contribution in [0.15, 0.2) is 35.7 Å². The summed E-state index contributed by atoms with van der Waals surface area (Å²) in [5, 5.41) is 2.04. The average Bonchev–Trinajstić information content (AvgIpc) is 2.92. The van der Waals surface area contributed by atoms with Crippen LogP contribution in [-0.4, -0.2) is 20.0 Å². The maximum atomic E-state index is 10.7. The summed E-state index contributed by atoms with van der Waals surface area (Å²) in [5.74, 6) is 1.26. The second kappa shape index (κ2) is 6.21. The number of carbonyl (C=O) groups is 1. The third-order valence-corrected chi connectivity index (χ3v) is 3.45. The molecule has 0 aliphatic rings. The zero-order valence-corrected chi connectivity index (χ0v) is 10.9. The largest absolute Gasteiger partial charge is 0.493 e. The van der Waals surface area contributed by atoms with Crippen LogP contribution >= 0.6 is 11.3 Å². The molecular weight excluding hydrogens is 248 g/mol. The van der Waals surface area contributed by atoms with Crippen molar-refractivity contribution in [2.45, 2.75) is 6.42 Å². The Balaban J connectivity index is 2.00. The minimum absolute atomic E-state index is 0.569. The standard InChI is InChI=1S/C14H14O3S/c1-16-13-5-4-11(10-15)9-14(13)17-7-6-12-3-2-8-18-12/h2-5,8-10H,6-7H2,1H3. The maximum Gasteiger partial charge on any atom is 0.161 e. The zero-order valence-electron chi connectivity index (χ0n) is 10.1. The molecule has 2 aromatic rings. The minimum Gasteiger partial charge on any atom is -0.493 e. The number of carbonyl (C=O) groups excluding carboxylic acids is 1. The van der Waals surface area contributed by atoms with E-state index in [4.69, 9.17) is 9.47 Å². The lowest BCUT2D eigenvalue weighted by Gasteiger charge is -2.10. The average molecular weight is 262 g/mol. The predicted octanol–water partition coefficient (Wildman–Crippen LogP) is 3.19. The van der Waals surface area contributed by atoms with Crippen molar-refractivity contribution in [3.63, 3.8) is 0 Å². The minimum atomic E-state index is 0.569. The third kappa shape index (κ3) is 3.11. The Labute approximate surface area is 110 Å². The highest BCUT2D eigenvalue weighted by Gasteiger charge is 2.05. The molecule has 1 heterocycles. The van der Waals surface area contributed by atoms with Crippen molar-refractivity contribution in [3.8, 4) is 11.5 Å². The summed E-state index contributed by atoms with van der Waals surface area (Å²) >= 11 is 1.71. The van der Waals surface area contributed by atoms with Gasteiger partial charge in [0.2, 0.25) is 0 Å². The van der Waals surface area contributed by atoms with Gasteiger partial charge in [-0.15, -0.1) is 11.3 Å². The molecule has 0 radical (unpaired) electrons. The quantitative estimate of drug-likeness (QED) is 0.750. The molecular formula is C14H14O3S.